The highest BCUT2D eigenvalue weighted by Gasteiger charge is 1.94. The SMILES string of the molecule is CS(=O)NCC(=O)O. The van der Waals surface area contributed by atoms with Gasteiger partial charge in [0.2, 0.25) is 0 Å². The average Bonchev–Trinajstić information content (AvgIpc) is 1.61. The summed E-state index contributed by atoms with van der Waals surface area (Å²) in [6.45, 7) is -0.247. The molecule has 0 aromatic carbocycles. The van der Waals surface area contributed by atoms with Gasteiger partial charge in [0.15, 0.2) is 0 Å². The number of nitrogens with one attached hydrogen (secondary N) is 1. The first-order chi connectivity index (χ1) is 3.63. The predicted molar refractivity (Wildman–Crippen MR) is 29.7 cm³/mol. The molecule has 0 fully saturated rings. The molecule has 2 N–H and O–H groups in total. The fraction of sp³-hybridized carbons (Fsp3) is 0.667. The number of carboxylic acid groups (broad SMARTS) is 1. The van der Waals surface area contributed by atoms with Crippen LogP contribution in [0.15, 0.2) is 0 Å². The zero-order valence-electron chi connectivity index (χ0n) is 4.38. The Kier molecular flexibility index (Phi) is 3.38. The second-order valence-corrected chi connectivity index (χ2v) is 2.37. The van der Waals surface area contributed by atoms with Crippen molar-refractivity contribution in [2.75, 3.05) is 12.8 Å². The van der Waals surface area contributed by atoms with Gasteiger partial charge in [-0.1, -0.05) is 0 Å². The first kappa shape index (κ1) is 7.58. The summed E-state index contributed by atoms with van der Waals surface area (Å²) in [5, 5.41) is 7.97. The van der Waals surface area contributed by atoms with Crippen LogP contribution in [0.4, 0.5) is 0 Å². The second-order valence-electron chi connectivity index (χ2n) is 1.17. The molecule has 1 unspecified atom stereocenters. The lowest BCUT2D eigenvalue weighted by atomic mass is 10.7. The van der Waals surface area contributed by atoms with Gasteiger partial charge in [-0.3, -0.25) is 4.79 Å². The third-order valence-corrected chi connectivity index (χ3v) is 0.978. The summed E-state index contributed by atoms with van der Waals surface area (Å²) in [7, 11) is -1.22. The lowest BCUT2D eigenvalue weighted by Gasteiger charge is -1.91. The Balaban J connectivity index is 3.18. The molecule has 0 amide bonds. The highest BCUT2D eigenvalue weighted by atomic mass is 32.2. The molecule has 0 heterocycles. The van der Waals surface area contributed by atoms with Crippen molar-refractivity contribution in [1.29, 1.82) is 0 Å². The van der Waals surface area contributed by atoms with Gasteiger partial charge in [-0.05, 0) is 0 Å². The molecule has 1 atom stereocenters. The van der Waals surface area contributed by atoms with Crippen LogP contribution in [-0.2, 0) is 15.8 Å². The van der Waals surface area contributed by atoms with Crippen LogP contribution in [0, 0.1) is 0 Å². The molecule has 0 radical (unpaired) electrons. The van der Waals surface area contributed by atoms with E-state index >= 15 is 0 Å². The molecule has 5 heteroatoms. The van der Waals surface area contributed by atoms with Crippen molar-refractivity contribution >= 4 is 17.0 Å². The Morgan fingerprint density at radius 1 is 1.88 bits per heavy atom. The van der Waals surface area contributed by atoms with E-state index in [1.807, 2.05) is 0 Å². The van der Waals surface area contributed by atoms with Crippen LogP contribution in [0.5, 0.6) is 0 Å². The van der Waals surface area contributed by atoms with Gasteiger partial charge in [-0.2, -0.15) is 0 Å². The number of rotatable bonds is 3. The predicted octanol–water partition coefficient (Wildman–Crippen LogP) is -1.05. The van der Waals surface area contributed by atoms with E-state index in [9.17, 15) is 9.00 Å². The van der Waals surface area contributed by atoms with Crippen molar-refractivity contribution < 1.29 is 14.1 Å². The molecular formula is C3H7NO3S. The number of aliphatic carboxylic acids is 1. The van der Waals surface area contributed by atoms with Crippen molar-refractivity contribution in [3.8, 4) is 0 Å². The maximum atomic E-state index is 10.1. The smallest absolute Gasteiger partial charge is 0.318 e. The maximum absolute atomic E-state index is 10.1. The third kappa shape index (κ3) is 5.58. The quantitative estimate of drug-likeness (QED) is 0.522. The molecule has 0 aromatic rings. The van der Waals surface area contributed by atoms with E-state index in [-0.39, 0.29) is 6.54 Å². The monoisotopic (exact) mass is 137 g/mol. The van der Waals surface area contributed by atoms with E-state index in [2.05, 4.69) is 4.72 Å². The van der Waals surface area contributed by atoms with E-state index in [1.165, 1.54) is 6.26 Å². The summed E-state index contributed by atoms with van der Waals surface area (Å²) in [4.78, 5) is 9.71. The molecule has 0 aliphatic rings. The minimum absolute atomic E-state index is 0.247. The second kappa shape index (κ2) is 3.57. The summed E-state index contributed by atoms with van der Waals surface area (Å²) in [6.07, 6.45) is 1.38. The number of carboxylic acids is 1. The molecule has 0 aliphatic heterocycles. The minimum Gasteiger partial charge on any atom is -0.480 e. The van der Waals surface area contributed by atoms with Gasteiger partial charge in [0, 0.05) is 6.26 Å². The number of hydrogen-bond donors (Lipinski definition) is 2. The van der Waals surface area contributed by atoms with Crippen LogP contribution in [0.2, 0.25) is 0 Å². The van der Waals surface area contributed by atoms with Crippen molar-refractivity contribution in [1.82, 2.24) is 4.72 Å². The Morgan fingerprint density at radius 2 is 2.38 bits per heavy atom. The Hall–Kier alpha value is -0.420. The minimum atomic E-state index is -1.22. The van der Waals surface area contributed by atoms with Gasteiger partial charge in [-0.25, -0.2) is 8.93 Å². The highest BCUT2D eigenvalue weighted by Crippen LogP contribution is 1.62. The lowest BCUT2D eigenvalue weighted by Crippen LogP contribution is -2.23. The molecule has 0 aromatic heterocycles. The largest absolute Gasteiger partial charge is 0.480 e. The van der Waals surface area contributed by atoms with Crippen molar-refractivity contribution in [2.45, 2.75) is 0 Å². The van der Waals surface area contributed by atoms with Gasteiger partial charge in [-0.15, -0.1) is 0 Å². The fourth-order valence-corrected chi connectivity index (χ4v) is 0.490. The van der Waals surface area contributed by atoms with Gasteiger partial charge in [0.1, 0.15) is 6.54 Å². The van der Waals surface area contributed by atoms with Crippen molar-refractivity contribution in [2.24, 2.45) is 0 Å². The van der Waals surface area contributed by atoms with Crippen LogP contribution in [0.1, 0.15) is 0 Å². The molecule has 0 aliphatic carbocycles. The number of hydrogen-bond acceptors (Lipinski definition) is 2. The zero-order chi connectivity index (χ0) is 6.57. The Morgan fingerprint density at radius 3 is 2.50 bits per heavy atom. The van der Waals surface area contributed by atoms with Gasteiger partial charge in [0.05, 0.1) is 11.0 Å². The first-order valence-corrected chi connectivity index (χ1v) is 3.47. The lowest BCUT2D eigenvalue weighted by molar-refractivity contribution is -0.135. The van der Waals surface area contributed by atoms with Crippen LogP contribution in [0.25, 0.3) is 0 Å². The third-order valence-electron chi connectivity index (χ3n) is 0.427. The van der Waals surface area contributed by atoms with Crippen molar-refractivity contribution in [3.05, 3.63) is 0 Å². The van der Waals surface area contributed by atoms with Crippen LogP contribution in [-0.4, -0.2) is 28.1 Å². The van der Waals surface area contributed by atoms with Crippen LogP contribution < -0.4 is 4.72 Å². The van der Waals surface area contributed by atoms with E-state index in [0.717, 1.165) is 0 Å². The van der Waals surface area contributed by atoms with Crippen LogP contribution >= 0.6 is 0 Å². The highest BCUT2D eigenvalue weighted by molar-refractivity contribution is 7.82. The van der Waals surface area contributed by atoms with Crippen molar-refractivity contribution in [3.63, 3.8) is 0 Å². The standard InChI is InChI=1S/C3H7NO3S/c1-8(7)4-2-3(5)6/h4H,2H2,1H3,(H,5,6). The molecule has 48 valence electrons. The van der Waals surface area contributed by atoms with Gasteiger partial charge >= 0.3 is 5.97 Å². The molecule has 0 spiro atoms. The normalized spacial score (nSPS) is 13.1. The summed E-state index contributed by atoms with van der Waals surface area (Å²) in [5.74, 6) is -1.000. The van der Waals surface area contributed by atoms with E-state index in [4.69, 9.17) is 5.11 Å². The summed E-state index contributed by atoms with van der Waals surface area (Å²) < 4.78 is 12.3. The maximum Gasteiger partial charge on any atom is 0.318 e. The van der Waals surface area contributed by atoms with E-state index < -0.39 is 17.0 Å². The molecular weight excluding hydrogens is 130 g/mol. The zero-order valence-corrected chi connectivity index (χ0v) is 5.20. The Bertz CT molecular complexity index is 99.1. The van der Waals surface area contributed by atoms with Gasteiger partial charge < -0.3 is 5.11 Å². The molecule has 0 saturated heterocycles. The molecule has 0 bridgehead atoms. The molecule has 8 heavy (non-hydrogen) atoms. The number of carbonyl (C=O) groups is 1. The Labute approximate surface area is 49.5 Å². The summed E-state index contributed by atoms with van der Waals surface area (Å²) in [5.41, 5.74) is 0. The van der Waals surface area contributed by atoms with E-state index in [0.29, 0.717) is 0 Å². The van der Waals surface area contributed by atoms with Crippen LogP contribution in [0.3, 0.4) is 0 Å². The van der Waals surface area contributed by atoms with Gasteiger partial charge in [0.25, 0.3) is 0 Å². The first-order valence-electron chi connectivity index (χ1n) is 1.91. The molecule has 0 saturated carbocycles. The topological polar surface area (TPSA) is 66.4 Å². The molecule has 0 rings (SSSR count). The average molecular weight is 137 g/mol. The summed E-state index contributed by atoms with van der Waals surface area (Å²) in [6, 6.07) is 0. The van der Waals surface area contributed by atoms with E-state index in [1.54, 1.807) is 0 Å². The molecule has 4 nitrogen and oxygen atoms in total. The summed E-state index contributed by atoms with van der Waals surface area (Å²) >= 11 is 0. The fourth-order valence-electron chi connectivity index (χ4n) is 0.163.